The van der Waals surface area contributed by atoms with Gasteiger partial charge < -0.3 is 15.4 Å². The standard InChI is InChI=1S/C21H25ClN4O3/c1-5-21(6-2)20(28)26(15-9-7-14(22)8-10-15)16-11-12-17(25-19(16)29-21)24-18(27)13(3)23-4/h7-13,23H,5-6H2,1-4H3,(H,24,25,27)/t13-/m0/s1. The van der Waals surface area contributed by atoms with Crippen molar-refractivity contribution >= 4 is 40.6 Å². The summed E-state index contributed by atoms with van der Waals surface area (Å²) in [5.74, 6) is 0.305. The van der Waals surface area contributed by atoms with Crippen LogP contribution < -0.4 is 20.3 Å². The summed E-state index contributed by atoms with van der Waals surface area (Å²) in [7, 11) is 1.71. The molecule has 0 unspecified atom stereocenters. The minimum atomic E-state index is -1.03. The van der Waals surface area contributed by atoms with Crippen molar-refractivity contribution < 1.29 is 14.3 Å². The fourth-order valence-corrected chi connectivity index (χ4v) is 3.32. The second-order valence-corrected chi connectivity index (χ2v) is 7.38. The molecule has 0 aliphatic carbocycles. The van der Waals surface area contributed by atoms with Crippen LogP contribution in [0.25, 0.3) is 0 Å². The van der Waals surface area contributed by atoms with Crippen molar-refractivity contribution in [2.75, 3.05) is 17.3 Å². The quantitative estimate of drug-likeness (QED) is 0.746. The number of hydrogen-bond donors (Lipinski definition) is 2. The maximum absolute atomic E-state index is 13.4. The second kappa shape index (κ2) is 8.39. The summed E-state index contributed by atoms with van der Waals surface area (Å²) in [6.45, 7) is 5.57. The predicted molar refractivity (Wildman–Crippen MR) is 114 cm³/mol. The third-order valence-electron chi connectivity index (χ3n) is 5.27. The maximum Gasteiger partial charge on any atom is 0.275 e. The van der Waals surface area contributed by atoms with Gasteiger partial charge in [0.2, 0.25) is 11.8 Å². The van der Waals surface area contributed by atoms with Crippen molar-refractivity contribution in [3.8, 4) is 5.88 Å². The molecule has 0 spiro atoms. The number of aromatic nitrogens is 1. The number of halogens is 1. The van der Waals surface area contributed by atoms with E-state index in [4.69, 9.17) is 16.3 Å². The zero-order chi connectivity index (χ0) is 21.2. The molecule has 2 amide bonds. The van der Waals surface area contributed by atoms with Crippen molar-refractivity contribution in [2.24, 2.45) is 0 Å². The lowest BCUT2D eigenvalue weighted by Crippen LogP contribution is -2.54. The number of rotatable bonds is 6. The summed E-state index contributed by atoms with van der Waals surface area (Å²) in [6, 6.07) is 10.1. The van der Waals surface area contributed by atoms with Gasteiger partial charge in [0, 0.05) is 10.7 Å². The third kappa shape index (κ3) is 3.93. The van der Waals surface area contributed by atoms with Crippen molar-refractivity contribution in [1.82, 2.24) is 10.3 Å². The van der Waals surface area contributed by atoms with Gasteiger partial charge in [-0.05, 0) is 63.2 Å². The number of hydrogen-bond acceptors (Lipinski definition) is 5. The first-order valence-corrected chi connectivity index (χ1v) is 10.0. The lowest BCUT2D eigenvalue weighted by atomic mass is 9.93. The molecule has 154 valence electrons. The number of ether oxygens (including phenoxy) is 1. The zero-order valence-electron chi connectivity index (χ0n) is 17.0. The molecular weight excluding hydrogens is 392 g/mol. The van der Waals surface area contributed by atoms with Crippen LogP contribution in [0, 0.1) is 0 Å². The van der Waals surface area contributed by atoms with E-state index < -0.39 is 5.60 Å². The highest BCUT2D eigenvalue weighted by Crippen LogP contribution is 2.43. The Balaban J connectivity index is 2.06. The normalized spacial score (nSPS) is 16.0. The van der Waals surface area contributed by atoms with E-state index in [1.807, 2.05) is 13.8 Å². The Labute approximate surface area is 175 Å². The van der Waals surface area contributed by atoms with E-state index in [1.165, 1.54) is 0 Å². The maximum atomic E-state index is 13.4. The number of nitrogens with one attached hydrogen (secondary N) is 2. The average Bonchev–Trinajstić information content (AvgIpc) is 2.73. The number of amides is 2. The van der Waals surface area contributed by atoms with Crippen molar-refractivity contribution in [3.05, 3.63) is 41.4 Å². The molecule has 0 bridgehead atoms. The molecule has 0 radical (unpaired) electrons. The SMILES string of the molecule is CCC1(CC)Oc2nc(NC(=O)[C@H](C)NC)ccc2N(c2ccc(Cl)cc2)C1=O. The molecule has 8 heteroatoms. The summed E-state index contributed by atoms with van der Waals surface area (Å²) in [4.78, 5) is 31.7. The molecule has 0 saturated carbocycles. The Kier molecular flexibility index (Phi) is 6.10. The third-order valence-corrected chi connectivity index (χ3v) is 5.52. The predicted octanol–water partition coefficient (Wildman–Crippen LogP) is 3.90. The van der Waals surface area contributed by atoms with Gasteiger partial charge >= 0.3 is 0 Å². The number of nitrogens with zero attached hydrogens (tertiary/aromatic N) is 2. The van der Waals surface area contributed by atoms with Crippen LogP contribution >= 0.6 is 11.6 Å². The summed E-state index contributed by atoms with van der Waals surface area (Å²) >= 11 is 6.02. The van der Waals surface area contributed by atoms with E-state index in [-0.39, 0.29) is 17.9 Å². The molecule has 1 atom stereocenters. The number of carbonyl (C=O) groups is 2. The smallest absolute Gasteiger partial charge is 0.275 e. The van der Waals surface area contributed by atoms with Crippen LogP contribution in [0.3, 0.4) is 0 Å². The molecule has 2 heterocycles. The minimum Gasteiger partial charge on any atom is -0.459 e. The highest BCUT2D eigenvalue weighted by Gasteiger charge is 2.47. The molecule has 2 N–H and O–H groups in total. The lowest BCUT2D eigenvalue weighted by molar-refractivity contribution is -0.135. The van der Waals surface area contributed by atoms with E-state index in [2.05, 4.69) is 15.6 Å². The monoisotopic (exact) mass is 416 g/mol. The van der Waals surface area contributed by atoms with Gasteiger partial charge in [0.15, 0.2) is 5.60 Å². The Hall–Kier alpha value is -2.64. The van der Waals surface area contributed by atoms with Crippen molar-refractivity contribution in [1.29, 1.82) is 0 Å². The van der Waals surface area contributed by atoms with Crippen LogP contribution in [0.15, 0.2) is 36.4 Å². The van der Waals surface area contributed by atoms with Crippen LogP contribution in [-0.2, 0) is 9.59 Å². The molecule has 7 nitrogen and oxygen atoms in total. The lowest BCUT2D eigenvalue weighted by Gasteiger charge is -2.41. The Morgan fingerprint density at radius 3 is 2.45 bits per heavy atom. The van der Waals surface area contributed by atoms with Crippen molar-refractivity contribution in [2.45, 2.75) is 45.3 Å². The summed E-state index contributed by atoms with van der Waals surface area (Å²) in [5.41, 5.74) is 0.174. The van der Waals surface area contributed by atoms with Gasteiger partial charge in [-0.3, -0.25) is 14.5 Å². The van der Waals surface area contributed by atoms with E-state index >= 15 is 0 Å². The van der Waals surface area contributed by atoms with E-state index in [9.17, 15) is 9.59 Å². The molecule has 0 fully saturated rings. The number of carbonyl (C=O) groups excluding carboxylic acids is 2. The van der Waals surface area contributed by atoms with Crippen LogP contribution in [0.4, 0.5) is 17.2 Å². The Morgan fingerprint density at radius 1 is 1.21 bits per heavy atom. The van der Waals surface area contributed by atoms with Gasteiger partial charge in [-0.1, -0.05) is 25.4 Å². The average molecular weight is 417 g/mol. The summed E-state index contributed by atoms with van der Waals surface area (Å²) < 4.78 is 6.12. The first-order valence-electron chi connectivity index (χ1n) is 9.63. The Bertz CT molecular complexity index is 913. The number of anilines is 3. The van der Waals surface area contributed by atoms with Crippen LogP contribution in [-0.4, -0.2) is 35.5 Å². The van der Waals surface area contributed by atoms with Gasteiger partial charge in [0.25, 0.3) is 5.91 Å². The molecular formula is C21H25ClN4O3. The van der Waals surface area contributed by atoms with E-state index in [0.29, 0.717) is 40.9 Å². The van der Waals surface area contributed by atoms with Crippen LogP contribution in [0.5, 0.6) is 5.88 Å². The first kappa shape index (κ1) is 21.1. The molecule has 2 aromatic rings. The van der Waals surface area contributed by atoms with E-state index in [0.717, 1.165) is 0 Å². The van der Waals surface area contributed by atoms with Crippen LogP contribution in [0.2, 0.25) is 5.02 Å². The molecule has 1 aliphatic rings. The molecule has 1 aromatic heterocycles. The summed E-state index contributed by atoms with van der Waals surface area (Å²) in [6.07, 6.45) is 0.974. The molecule has 0 saturated heterocycles. The Morgan fingerprint density at radius 2 is 1.86 bits per heavy atom. The molecule has 1 aliphatic heterocycles. The van der Waals surface area contributed by atoms with Crippen molar-refractivity contribution in [3.63, 3.8) is 0 Å². The highest BCUT2D eigenvalue weighted by atomic mass is 35.5. The zero-order valence-corrected chi connectivity index (χ0v) is 17.7. The van der Waals surface area contributed by atoms with Gasteiger partial charge in [-0.15, -0.1) is 0 Å². The van der Waals surface area contributed by atoms with Gasteiger partial charge in [0.1, 0.15) is 11.5 Å². The first-order chi connectivity index (χ1) is 13.8. The number of benzene rings is 1. The van der Waals surface area contributed by atoms with Gasteiger partial charge in [0.05, 0.1) is 6.04 Å². The second-order valence-electron chi connectivity index (χ2n) is 6.94. The molecule has 29 heavy (non-hydrogen) atoms. The number of fused-ring (bicyclic) bond motifs is 1. The summed E-state index contributed by atoms with van der Waals surface area (Å²) in [5, 5.41) is 6.23. The van der Waals surface area contributed by atoms with Gasteiger partial charge in [-0.2, -0.15) is 4.98 Å². The van der Waals surface area contributed by atoms with E-state index in [1.54, 1.807) is 55.3 Å². The fraction of sp³-hybridized carbons (Fsp3) is 0.381. The number of pyridine rings is 1. The fourth-order valence-electron chi connectivity index (χ4n) is 3.20. The number of likely N-dealkylation sites (N-methyl/N-ethyl adjacent to an activating group) is 1. The topological polar surface area (TPSA) is 83.6 Å². The van der Waals surface area contributed by atoms with Crippen LogP contribution in [0.1, 0.15) is 33.6 Å². The molecule has 3 rings (SSSR count). The highest BCUT2D eigenvalue weighted by molar-refractivity contribution is 6.30. The minimum absolute atomic E-state index is 0.153. The molecule has 1 aromatic carbocycles. The largest absolute Gasteiger partial charge is 0.459 e. The van der Waals surface area contributed by atoms with Gasteiger partial charge in [-0.25, -0.2) is 0 Å².